The monoisotopic (exact) mass is 435 g/mol. The van der Waals surface area contributed by atoms with Crippen molar-refractivity contribution in [3.05, 3.63) is 70.3 Å². The number of aromatic nitrogens is 4. The largest absolute Gasteiger partial charge is 0.338 e. The number of hydrogen-bond acceptors (Lipinski definition) is 7. The molecule has 0 unspecified atom stereocenters. The fourth-order valence-electron chi connectivity index (χ4n) is 2.98. The lowest BCUT2D eigenvalue weighted by Crippen LogP contribution is -2.23. The van der Waals surface area contributed by atoms with Crippen molar-refractivity contribution in [3.8, 4) is 5.82 Å². The number of aryl methyl sites for hydroxylation is 1. The van der Waals surface area contributed by atoms with E-state index in [1.165, 1.54) is 4.57 Å². The van der Waals surface area contributed by atoms with E-state index in [9.17, 15) is 9.59 Å². The first-order valence-electron chi connectivity index (χ1n) is 9.76. The van der Waals surface area contributed by atoms with Crippen LogP contribution in [0, 0.1) is 6.92 Å². The summed E-state index contributed by atoms with van der Waals surface area (Å²) in [6.07, 6.45) is 1.64. The highest BCUT2D eigenvalue weighted by Gasteiger charge is 2.17. The third-order valence-electron chi connectivity index (χ3n) is 4.59. The zero-order valence-corrected chi connectivity index (χ0v) is 18.1. The van der Waals surface area contributed by atoms with E-state index in [4.69, 9.17) is 4.52 Å². The third-order valence-corrected chi connectivity index (χ3v) is 5.53. The molecule has 0 aliphatic rings. The molecule has 4 aromatic rings. The van der Waals surface area contributed by atoms with Crippen LogP contribution < -0.4 is 10.9 Å². The Morgan fingerprint density at radius 2 is 2.03 bits per heavy atom. The number of amides is 1. The predicted octanol–water partition coefficient (Wildman–Crippen LogP) is 3.93. The number of thioether (sulfide) groups is 1. The van der Waals surface area contributed by atoms with Crippen LogP contribution in [-0.2, 0) is 4.79 Å². The zero-order valence-electron chi connectivity index (χ0n) is 17.3. The molecule has 0 fully saturated rings. The molecule has 0 atom stereocenters. The molecule has 3 heterocycles. The second-order valence-corrected chi connectivity index (χ2v) is 8.29. The number of rotatable bonds is 6. The smallest absolute Gasteiger partial charge is 0.267 e. The highest BCUT2D eigenvalue weighted by atomic mass is 32.2. The van der Waals surface area contributed by atoms with Gasteiger partial charge in [0.15, 0.2) is 5.16 Å². The number of hydrogen-bond donors (Lipinski definition) is 1. The van der Waals surface area contributed by atoms with Crippen LogP contribution in [0.3, 0.4) is 0 Å². The van der Waals surface area contributed by atoms with Gasteiger partial charge in [-0.15, -0.1) is 0 Å². The maximum Gasteiger partial charge on any atom is 0.267 e. The van der Waals surface area contributed by atoms with Gasteiger partial charge in [-0.3, -0.25) is 14.9 Å². The first-order chi connectivity index (χ1) is 14.9. The number of para-hydroxylation sites is 1. The minimum Gasteiger partial charge on any atom is -0.338 e. The summed E-state index contributed by atoms with van der Waals surface area (Å²) in [6, 6.07) is 12.5. The van der Waals surface area contributed by atoms with Crippen molar-refractivity contribution in [2.75, 3.05) is 11.1 Å². The summed E-state index contributed by atoms with van der Waals surface area (Å²) in [5.41, 5.74) is 2.06. The standard InChI is InChI=1S/C22H21N5O3S/c1-13(2)17-11-20(30-26-17)25-19(28)12-31-22-24-16-7-5-4-6-15(16)21(29)27(22)18-10-14(3)8-9-23-18/h4-11,13H,12H2,1-3H3,(H,25,28). The van der Waals surface area contributed by atoms with Crippen LogP contribution >= 0.6 is 11.8 Å². The molecule has 0 aliphatic heterocycles. The first-order valence-corrected chi connectivity index (χ1v) is 10.7. The molecule has 0 aliphatic carbocycles. The van der Waals surface area contributed by atoms with Crippen molar-refractivity contribution in [1.82, 2.24) is 19.7 Å². The molecule has 0 radical (unpaired) electrons. The van der Waals surface area contributed by atoms with Gasteiger partial charge < -0.3 is 4.52 Å². The van der Waals surface area contributed by atoms with E-state index >= 15 is 0 Å². The molecule has 0 saturated carbocycles. The van der Waals surface area contributed by atoms with Gasteiger partial charge in [0.1, 0.15) is 5.82 Å². The van der Waals surface area contributed by atoms with Gasteiger partial charge in [-0.25, -0.2) is 14.5 Å². The van der Waals surface area contributed by atoms with Crippen LogP contribution in [0.5, 0.6) is 0 Å². The van der Waals surface area contributed by atoms with Gasteiger partial charge >= 0.3 is 0 Å². The second-order valence-electron chi connectivity index (χ2n) is 7.35. The zero-order chi connectivity index (χ0) is 22.0. The normalized spacial score (nSPS) is 11.2. The van der Waals surface area contributed by atoms with Gasteiger partial charge in [0.05, 0.1) is 22.3 Å². The summed E-state index contributed by atoms with van der Waals surface area (Å²) in [4.78, 5) is 34.6. The average Bonchev–Trinajstić information content (AvgIpc) is 3.21. The number of nitrogens with one attached hydrogen (secondary N) is 1. The summed E-state index contributed by atoms with van der Waals surface area (Å²) < 4.78 is 6.60. The van der Waals surface area contributed by atoms with Crippen LogP contribution in [0.25, 0.3) is 16.7 Å². The van der Waals surface area contributed by atoms with E-state index in [1.54, 1.807) is 30.5 Å². The molecule has 158 valence electrons. The fraction of sp³-hybridized carbons (Fsp3) is 0.227. The molecule has 31 heavy (non-hydrogen) atoms. The molecule has 4 rings (SSSR count). The quantitative estimate of drug-likeness (QED) is 0.361. The first kappa shape index (κ1) is 20.8. The van der Waals surface area contributed by atoms with Crippen LogP contribution in [0.2, 0.25) is 0 Å². The lowest BCUT2D eigenvalue weighted by molar-refractivity contribution is -0.113. The summed E-state index contributed by atoms with van der Waals surface area (Å²) >= 11 is 1.15. The highest BCUT2D eigenvalue weighted by molar-refractivity contribution is 7.99. The molecule has 1 N–H and O–H groups in total. The highest BCUT2D eigenvalue weighted by Crippen LogP contribution is 2.22. The van der Waals surface area contributed by atoms with Gasteiger partial charge in [-0.05, 0) is 42.7 Å². The minimum atomic E-state index is -0.289. The van der Waals surface area contributed by atoms with Crippen LogP contribution in [0.1, 0.15) is 31.0 Å². The van der Waals surface area contributed by atoms with E-state index in [0.717, 1.165) is 23.0 Å². The van der Waals surface area contributed by atoms with Gasteiger partial charge in [0.2, 0.25) is 11.8 Å². The number of fused-ring (bicyclic) bond motifs is 1. The summed E-state index contributed by atoms with van der Waals surface area (Å²) in [5, 5.41) is 7.49. The van der Waals surface area contributed by atoms with E-state index in [-0.39, 0.29) is 23.1 Å². The maximum absolute atomic E-state index is 13.2. The van der Waals surface area contributed by atoms with Crippen molar-refractivity contribution < 1.29 is 9.32 Å². The average molecular weight is 436 g/mol. The fourth-order valence-corrected chi connectivity index (χ4v) is 3.78. The molecule has 9 heteroatoms. The third kappa shape index (κ3) is 4.51. The Morgan fingerprint density at radius 3 is 2.77 bits per heavy atom. The van der Waals surface area contributed by atoms with Crippen molar-refractivity contribution in [3.63, 3.8) is 0 Å². The van der Waals surface area contributed by atoms with E-state index in [2.05, 4.69) is 20.4 Å². The predicted molar refractivity (Wildman–Crippen MR) is 120 cm³/mol. The molecule has 0 bridgehead atoms. The molecule has 0 spiro atoms. The molecular formula is C22H21N5O3S. The molecule has 3 aromatic heterocycles. The van der Waals surface area contributed by atoms with Gasteiger partial charge in [-0.1, -0.05) is 42.9 Å². The van der Waals surface area contributed by atoms with Crippen LogP contribution in [-0.4, -0.2) is 31.4 Å². The Morgan fingerprint density at radius 1 is 1.23 bits per heavy atom. The molecular weight excluding hydrogens is 414 g/mol. The molecule has 8 nitrogen and oxygen atoms in total. The molecule has 0 saturated heterocycles. The number of carbonyl (C=O) groups is 1. The lowest BCUT2D eigenvalue weighted by Gasteiger charge is -2.12. The topological polar surface area (TPSA) is 103 Å². The summed E-state index contributed by atoms with van der Waals surface area (Å²) in [6.45, 7) is 5.90. The molecule has 1 aromatic carbocycles. The number of anilines is 1. The van der Waals surface area contributed by atoms with Crippen LogP contribution in [0.4, 0.5) is 5.88 Å². The van der Waals surface area contributed by atoms with Crippen molar-refractivity contribution in [2.24, 2.45) is 0 Å². The molecule has 1 amide bonds. The number of nitrogens with zero attached hydrogens (tertiary/aromatic N) is 4. The van der Waals surface area contributed by atoms with Crippen molar-refractivity contribution >= 4 is 34.5 Å². The van der Waals surface area contributed by atoms with E-state index in [1.807, 2.05) is 39.0 Å². The van der Waals surface area contributed by atoms with Gasteiger partial charge in [0, 0.05) is 12.3 Å². The maximum atomic E-state index is 13.2. The Kier molecular flexibility index (Phi) is 5.85. The van der Waals surface area contributed by atoms with E-state index in [0.29, 0.717) is 27.8 Å². The van der Waals surface area contributed by atoms with Crippen molar-refractivity contribution in [1.29, 1.82) is 0 Å². The van der Waals surface area contributed by atoms with Crippen molar-refractivity contribution in [2.45, 2.75) is 31.8 Å². The second kappa shape index (κ2) is 8.73. The minimum absolute atomic E-state index is 0.0360. The number of benzene rings is 1. The number of pyridine rings is 1. The SMILES string of the molecule is Cc1ccnc(-n2c(SCC(=O)Nc3cc(C(C)C)no3)nc3ccccc3c2=O)c1. The summed E-state index contributed by atoms with van der Waals surface area (Å²) in [7, 11) is 0. The summed E-state index contributed by atoms with van der Waals surface area (Å²) in [5.74, 6) is 0.694. The Labute approximate surface area is 182 Å². The Balaban J connectivity index is 1.63. The van der Waals surface area contributed by atoms with Gasteiger partial charge in [0.25, 0.3) is 5.56 Å². The lowest BCUT2D eigenvalue weighted by atomic mass is 10.1. The van der Waals surface area contributed by atoms with E-state index < -0.39 is 0 Å². The Bertz CT molecular complexity index is 1310. The Hall–Kier alpha value is -3.46. The number of carbonyl (C=O) groups excluding carboxylic acids is 1. The van der Waals surface area contributed by atoms with Crippen LogP contribution in [0.15, 0.2) is 63.1 Å². The van der Waals surface area contributed by atoms with Gasteiger partial charge in [-0.2, -0.15) is 0 Å².